The van der Waals surface area contributed by atoms with Crippen LogP contribution in [0.2, 0.25) is 0 Å². The molecule has 0 unspecified atom stereocenters. The normalized spacial score (nSPS) is 15.1. The molecule has 1 aliphatic rings. The zero-order valence-corrected chi connectivity index (χ0v) is 10.4. The number of rotatable bonds is 5. The summed E-state index contributed by atoms with van der Waals surface area (Å²) in [5.41, 5.74) is 0.456. The van der Waals surface area contributed by atoms with E-state index in [9.17, 15) is 9.18 Å². The number of Topliss-reactive ketones (excluding diaryl/α,β-unsaturated/α-hetero) is 1. The molecule has 2 nitrogen and oxygen atoms in total. The summed E-state index contributed by atoms with van der Waals surface area (Å²) >= 11 is 3.11. The van der Waals surface area contributed by atoms with Crippen LogP contribution in [0, 0.1) is 5.82 Å². The number of hydrogen-bond donors (Lipinski definition) is 1. The topological polar surface area (TPSA) is 29.1 Å². The Morgan fingerprint density at radius 3 is 2.94 bits per heavy atom. The van der Waals surface area contributed by atoms with E-state index < -0.39 is 0 Å². The summed E-state index contributed by atoms with van der Waals surface area (Å²) in [4.78, 5) is 11.6. The van der Waals surface area contributed by atoms with Gasteiger partial charge in [0.1, 0.15) is 5.82 Å². The van der Waals surface area contributed by atoms with E-state index >= 15 is 0 Å². The van der Waals surface area contributed by atoms with Crippen molar-refractivity contribution >= 4 is 21.7 Å². The predicted molar refractivity (Wildman–Crippen MR) is 63.8 cm³/mol. The van der Waals surface area contributed by atoms with E-state index in [2.05, 4.69) is 21.2 Å². The fourth-order valence-electron chi connectivity index (χ4n) is 1.51. The van der Waals surface area contributed by atoms with Crippen molar-refractivity contribution in [3.63, 3.8) is 0 Å². The standard InChI is InChI=1S/C12H13BrFNO/c13-11-3-1-2-8(12(11)14)6-10(16)7-15-9-4-5-9/h1-3,9,15H,4-7H2. The van der Waals surface area contributed by atoms with Crippen LogP contribution in [0.5, 0.6) is 0 Å². The Bertz CT molecular complexity index is 404. The molecule has 0 aromatic heterocycles. The molecule has 0 heterocycles. The first kappa shape index (κ1) is 11.7. The Morgan fingerprint density at radius 1 is 1.50 bits per heavy atom. The summed E-state index contributed by atoms with van der Waals surface area (Å²) in [6.07, 6.45) is 2.46. The van der Waals surface area contributed by atoms with Gasteiger partial charge >= 0.3 is 0 Å². The highest BCUT2D eigenvalue weighted by Gasteiger charge is 2.21. The molecular formula is C12H13BrFNO. The van der Waals surface area contributed by atoms with Gasteiger partial charge in [0.2, 0.25) is 0 Å². The maximum Gasteiger partial charge on any atom is 0.151 e. The molecule has 1 saturated carbocycles. The summed E-state index contributed by atoms with van der Waals surface area (Å²) in [6.45, 7) is 0.344. The summed E-state index contributed by atoms with van der Waals surface area (Å²) in [5.74, 6) is -0.300. The van der Waals surface area contributed by atoms with Gasteiger partial charge in [-0.05, 0) is 40.4 Å². The molecule has 1 aromatic rings. The summed E-state index contributed by atoms with van der Waals surface area (Å²) in [7, 11) is 0. The minimum Gasteiger partial charge on any atom is -0.307 e. The molecule has 0 radical (unpaired) electrons. The number of hydrogen-bond acceptors (Lipinski definition) is 2. The second kappa shape index (κ2) is 5.06. The maximum absolute atomic E-state index is 13.6. The van der Waals surface area contributed by atoms with E-state index in [1.54, 1.807) is 18.2 Å². The molecule has 0 spiro atoms. The molecule has 0 bridgehead atoms. The van der Waals surface area contributed by atoms with Gasteiger partial charge in [-0.25, -0.2) is 4.39 Å². The minimum atomic E-state index is -0.331. The maximum atomic E-state index is 13.6. The van der Waals surface area contributed by atoms with Crippen LogP contribution in [0.15, 0.2) is 22.7 Å². The first-order chi connectivity index (χ1) is 7.66. The largest absolute Gasteiger partial charge is 0.307 e. The van der Waals surface area contributed by atoms with Gasteiger partial charge in [-0.2, -0.15) is 0 Å². The lowest BCUT2D eigenvalue weighted by Crippen LogP contribution is -2.26. The van der Waals surface area contributed by atoms with Gasteiger partial charge in [0.15, 0.2) is 5.78 Å². The van der Waals surface area contributed by atoms with Crippen LogP contribution >= 0.6 is 15.9 Å². The van der Waals surface area contributed by atoms with Gasteiger partial charge in [-0.1, -0.05) is 12.1 Å². The van der Waals surface area contributed by atoms with Gasteiger partial charge in [0, 0.05) is 12.5 Å². The Hall–Kier alpha value is -0.740. The van der Waals surface area contributed by atoms with Crippen molar-refractivity contribution in [1.82, 2.24) is 5.32 Å². The lowest BCUT2D eigenvalue weighted by atomic mass is 10.1. The van der Waals surface area contributed by atoms with Crippen LogP contribution in [0.25, 0.3) is 0 Å². The average Bonchev–Trinajstić information content (AvgIpc) is 3.06. The van der Waals surface area contributed by atoms with Gasteiger partial charge < -0.3 is 5.32 Å². The van der Waals surface area contributed by atoms with Crippen molar-refractivity contribution in [2.45, 2.75) is 25.3 Å². The molecule has 0 amide bonds. The number of halogens is 2. The number of carbonyl (C=O) groups excluding carboxylic acids is 1. The van der Waals surface area contributed by atoms with Gasteiger partial charge in [-0.3, -0.25) is 4.79 Å². The fourth-order valence-corrected chi connectivity index (χ4v) is 1.91. The van der Waals surface area contributed by atoms with Crippen LogP contribution in [-0.4, -0.2) is 18.4 Å². The fraction of sp³-hybridized carbons (Fsp3) is 0.417. The van der Waals surface area contributed by atoms with Crippen molar-refractivity contribution in [3.05, 3.63) is 34.1 Å². The molecule has 1 N–H and O–H groups in total. The SMILES string of the molecule is O=C(CNC1CC1)Cc1cccc(Br)c1F. The van der Waals surface area contributed by atoms with E-state index in [4.69, 9.17) is 0 Å². The molecular weight excluding hydrogens is 273 g/mol. The quantitative estimate of drug-likeness (QED) is 0.901. The van der Waals surface area contributed by atoms with E-state index in [0.29, 0.717) is 22.6 Å². The smallest absolute Gasteiger partial charge is 0.151 e. The van der Waals surface area contributed by atoms with Crippen molar-refractivity contribution in [3.8, 4) is 0 Å². The average molecular weight is 286 g/mol. The summed E-state index contributed by atoms with van der Waals surface area (Å²) < 4.78 is 14.0. The highest BCUT2D eigenvalue weighted by Crippen LogP contribution is 2.20. The van der Waals surface area contributed by atoms with Gasteiger partial charge in [0.25, 0.3) is 0 Å². The zero-order valence-electron chi connectivity index (χ0n) is 8.80. The third-order valence-corrected chi connectivity index (χ3v) is 3.20. The molecule has 0 saturated heterocycles. The lowest BCUT2D eigenvalue weighted by Gasteiger charge is -2.05. The highest BCUT2D eigenvalue weighted by atomic mass is 79.9. The Balaban J connectivity index is 1.91. The second-order valence-electron chi connectivity index (χ2n) is 4.08. The highest BCUT2D eigenvalue weighted by molar-refractivity contribution is 9.10. The van der Waals surface area contributed by atoms with Crippen LogP contribution in [0.4, 0.5) is 4.39 Å². The Morgan fingerprint density at radius 2 is 2.25 bits per heavy atom. The molecule has 0 aliphatic heterocycles. The van der Waals surface area contributed by atoms with Crippen molar-refractivity contribution in [2.24, 2.45) is 0 Å². The molecule has 1 fully saturated rings. The predicted octanol–water partition coefficient (Wildman–Crippen LogP) is 2.45. The number of carbonyl (C=O) groups is 1. The van der Waals surface area contributed by atoms with Crippen molar-refractivity contribution in [1.29, 1.82) is 0 Å². The summed E-state index contributed by atoms with van der Waals surface area (Å²) in [5, 5.41) is 3.13. The minimum absolute atomic E-state index is 0.0314. The summed E-state index contributed by atoms with van der Waals surface area (Å²) in [6, 6.07) is 5.53. The molecule has 4 heteroatoms. The molecule has 2 rings (SSSR count). The van der Waals surface area contributed by atoms with Crippen molar-refractivity contribution < 1.29 is 9.18 Å². The molecule has 1 aliphatic carbocycles. The van der Waals surface area contributed by atoms with Crippen molar-refractivity contribution in [2.75, 3.05) is 6.54 Å². The Labute approximate surface area is 102 Å². The van der Waals surface area contributed by atoms with Crippen LogP contribution in [0.1, 0.15) is 18.4 Å². The third kappa shape index (κ3) is 3.12. The lowest BCUT2D eigenvalue weighted by molar-refractivity contribution is -0.117. The van der Waals surface area contributed by atoms with E-state index in [0.717, 1.165) is 12.8 Å². The second-order valence-corrected chi connectivity index (χ2v) is 4.94. The first-order valence-electron chi connectivity index (χ1n) is 5.35. The van der Waals surface area contributed by atoms with Gasteiger partial charge in [0.05, 0.1) is 11.0 Å². The van der Waals surface area contributed by atoms with E-state index in [-0.39, 0.29) is 18.0 Å². The van der Waals surface area contributed by atoms with Crippen LogP contribution in [0.3, 0.4) is 0 Å². The van der Waals surface area contributed by atoms with E-state index in [1.807, 2.05) is 0 Å². The molecule has 0 atom stereocenters. The van der Waals surface area contributed by atoms with Crippen LogP contribution in [-0.2, 0) is 11.2 Å². The number of benzene rings is 1. The third-order valence-electron chi connectivity index (χ3n) is 2.58. The van der Waals surface area contributed by atoms with Gasteiger partial charge in [-0.15, -0.1) is 0 Å². The monoisotopic (exact) mass is 285 g/mol. The Kier molecular flexibility index (Phi) is 3.71. The molecule has 16 heavy (non-hydrogen) atoms. The number of nitrogens with one attached hydrogen (secondary N) is 1. The van der Waals surface area contributed by atoms with E-state index in [1.165, 1.54) is 0 Å². The molecule has 86 valence electrons. The zero-order chi connectivity index (χ0) is 11.5. The van der Waals surface area contributed by atoms with Crippen LogP contribution < -0.4 is 5.32 Å². The number of ketones is 1. The molecule has 1 aromatic carbocycles. The first-order valence-corrected chi connectivity index (χ1v) is 6.14.